The maximum atomic E-state index is 12.8. The number of hydrogen-bond acceptors (Lipinski definition) is 8. The van der Waals surface area contributed by atoms with Gasteiger partial charge in [0.25, 0.3) is 5.56 Å². The summed E-state index contributed by atoms with van der Waals surface area (Å²) in [6.07, 6.45) is 3.95. The summed E-state index contributed by atoms with van der Waals surface area (Å²) in [6, 6.07) is 5.23. The first-order valence-corrected chi connectivity index (χ1v) is 11.7. The summed E-state index contributed by atoms with van der Waals surface area (Å²) < 4.78 is 36.9. The molecule has 0 amide bonds. The molecule has 4 heterocycles. The Morgan fingerprint density at radius 3 is 2.87 bits per heavy atom. The molecule has 1 unspecified atom stereocenters. The van der Waals surface area contributed by atoms with Crippen molar-refractivity contribution in [3.63, 3.8) is 0 Å². The maximum absolute atomic E-state index is 12.8. The molecule has 1 atom stereocenters. The van der Waals surface area contributed by atoms with Crippen LogP contribution in [0.4, 0.5) is 0 Å². The van der Waals surface area contributed by atoms with E-state index in [2.05, 4.69) is 10.1 Å². The van der Waals surface area contributed by atoms with Crippen LogP contribution in [-0.4, -0.2) is 51.8 Å². The third-order valence-corrected chi connectivity index (χ3v) is 7.36. The first kappa shape index (κ1) is 19.7. The zero-order valence-corrected chi connectivity index (χ0v) is 17.4. The molecule has 162 valence electrons. The van der Waals surface area contributed by atoms with Crippen molar-refractivity contribution in [1.82, 2.24) is 19.3 Å². The zero-order chi connectivity index (χ0) is 21.6. The van der Waals surface area contributed by atoms with E-state index in [0.717, 1.165) is 5.56 Å². The predicted octanol–water partition coefficient (Wildman–Crippen LogP) is 0.883. The third kappa shape index (κ3) is 3.80. The van der Waals surface area contributed by atoms with Crippen LogP contribution >= 0.6 is 0 Å². The van der Waals surface area contributed by atoms with Gasteiger partial charge in [-0.05, 0) is 30.5 Å². The summed E-state index contributed by atoms with van der Waals surface area (Å²) in [4.78, 5) is 29.5. The Morgan fingerprint density at radius 1 is 1.23 bits per heavy atom. The third-order valence-electron chi connectivity index (χ3n) is 5.61. The summed E-state index contributed by atoms with van der Waals surface area (Å²) in [5.41, 5.74) is 0.927. The van der Waals surface area contributed by atoms with Crippen LogP contribution in [0.5, 0.6) is 11.5 Å². The van der Waals surface area contributed by atoms with E-state index < -0.39 is 9.84 Å². The molecule has 11 heteroatoms. The fourth-order valence-electron chi connectivity index (χ4n) is 3.96. The highest BCUT2D eigenvalue weighted by Crippen LogP contribution is 2.32. The number of sulfone groups is 1. The van der Waals surface area contributed by atoms with Crippen LogP contribution < -0.4 is 15.0 Å². The van der Waals surface area contributed by atoms with Gasteiger partial charge in [-0.2, -0.15) is 5.10 Å². The number of ketones is 1. The molecular formula is C20H20N4O6S. The first-order valence-electron chi connectivity index (χ1n) is 9.93. The Bertz CT molecular complexity index is 1340. The van der Waals surface area contributed by atoms with Crippen molar-refractivity contribution in [3.8, 4) is 11.5 Å². The van der Waals surface area contributed by atoms with E-state index in [1.165, 1.54) is 21.8 Å². The Kier molecular flexibility index (Phi) is 4.77. The number of carbonyl (C=O) groups excluding carboxylic acids is 1. The van der Waals surface area contributed by atoms with Crippen LogP contribution in [0, 0.1) is 0 Å². The summed E-state index contributed by atoms with van der Waals surface area (Å²) in [7, 11) is -3.09. The van der Waals surface area contributed by atoms with Crippen molar-refractivity contribution in [2.24, 2.45) is 0 Å². The molecule has 0 aliphatic carbocycles. The van der Waals surface area contributed by atoms with E-state index in [-0.39, 0.29) is 54.0 Å². The van der Waals surface area contributed by atoms with E-state index >= 15 is 0 Å². The molecule has 0 N–H and O–H groups in total. The molecule has 2 aromatic heterocycles. The standard InChI is InChI=1S/C20H20N4O6S/c25-15(3-1-13-2-4-17-18(7-13)30-12-29-17)9-23-11-21-19-16(20(23)26)8-22-24(19)14-5-6-31(27,28)10-14/h2,4,7-8,11,14H,1,3,5-6,9-10,12H2. The van der Waals surface area contributed by atoms with Gasteiger partial charge < -0.3 is 9.47 Å². The number of rotatable bonds is 6. The number of nitrogens with zero attached hydrogens (tertiary/aromatic N) is 4. The van der Waals surface area contributed by atoms with E-state index in [0.29, 0.717) is 30.0 Å². The van der Waals surface area contributed by atoms with Crippen molar-refractivity contribution in [2.45, 2.75) is 31.8 Å². The molecule has 3 aromatic rings. The van der Waals surface area contributed by atoms with E-state index in [9.17, 15) is 18.0 Å². The second kappa shape index (κ2) is 7.49. The van der Waals surface area contributed by atoms with Gasteiger partial charge in [-0.15, -0.1) is 0 Å². The van der Waals surface area contributed by atoms with Crippen LogP contribution in [0.15, 0.2) is 35.5 Å². The summed E-state index contributed by atoms with van der Waals surface area (Å²) in [5.74, 6) is 1.36. The number of benzene rings is 1. The molecule has 1 saturated heterocycles. The summed E-state index contributed by atoms with van der Waals surface area (Å²) in [5, 5.41) is 4.47. The molecule has 10 nitrogen and oxygen atoms in total. The molecular weight excluding hydrogens is 424 g/mol. The molecule has 0 bridgehead atoms. The van der Waals surface area contributed by atoms with Gasteiger partial charge in [-0.25, -0.2) is 18.1 Å². The van der Waals surface area contributed by atoms with E-state index in [1.807, 2.05) is 18.2 Å². The van der Waals surface area contributed by atoms with Crippen LogP contribution in [0.1, 0.15) is 24.4 Å². The van der Waals surface area contributed by atoms with Gasteiger partial charge >= 0.3 is 0 Å². The molecule has 1 aromatic carbocycles. The molecule has 0 radical (unpaired) electrons. The number of Topliss-reactive ketones (excluding diaryl/α,β-unsaturated/α-hetero) is 1. The Labute approximate surface area is 177 Å². The van der Waals surface area contributed by atoms with E-state index in [4.69, 9.17) is 9.47 Å². The van der Waals surface area contributed by atoms with Crippen LogP contribution in [-0.2, 0) is 27.6 Å². The number of fused-ring (bicyclic) bond motifs is 2. The van der Waals surface area contributed by atoms with Gasteiger partial charge in [0.15, 0.2) is 32.8 Å². The minimum Gasteiger partial charge on any atom is -0.454 e. The zero-order valence-electron chi connectivity index (χ0n) is 16.6. The normalized spacial score (nSPS) is 19.2. The Morgan fingerprint density at radius 2 is 2.06 bits per heavy atom. The quantitative estimate of drug-likeness (QED) is 0.549. The molecule has 1 fully saturated rings. The van der Waals surface area contributed by atoms with Gasteiger partial charge in [-0.3, -0.25) is 14.2 Å². The highest BCUT2D eigenvalue weighted by Gasteiger charge is 2.31. The van der Waals surface area contributed by atoms with Gasteiger partial charge in [0.1, 0.15) is 11.7 Å². The Hall–Kier alpha value is -3.21. The van der Waals surface area contributed by atoms with Gasteiger partial charge in [0.05, 0.1) is 30.3 Å². The number of carbonyl (C=O) groups is 1. The van der Waals surface area contributed by atoms with E-state index in [1.54, 1.807) is 0 Å². The molecule has 2 aliphatic heterocycles. The van der Waals surface area contributed by atoms with Crippen LogP contribution in [0.3, 0.4) is 0 Å². The molecule has 2 aliphatic rings. The largest absolute Gasteiger partial charge is 0.454 e. The number of aryl methyl sites for hydroxylation is 1. The van der Waals surface area contributed by atoms with Crippen LogP contribution in [0.2, 0.25) is 0 Å². The fraction of sp³-hybridized carbons (Fsp3) is 0.400. The fourth-order valence-corrected chi connectivity index (χ4v) is 5.66. The smallest absolute Gasteiger partial charge is 0.264 e. The highest BCUT2D eigenvalue weighted by molar-refractivity contribution is 7.91. The average molecular weight is 444 g/mol. The van der Waals surface area contributed by atoms with Gasteiger partial charge in [0.2, 0.25) is 6.79 Å². The summed E-state index contributed by atoms with van der Waals surface area (Å²) in [6.45, 7) is 0.110. The number of ether oxygens (including phenoxy) is 2. The second-order valence-electron chi connectivity index (χ2n) is 7.79. The number of hydrogen-bond donors (Lipinski definition) is 0. The van der Waals surface area contributed by atoms with Crippen LogP contribution in [0.25, 0.3) is 11.0 Å². The minimum atomic E-state index is -3.09. The number of aromatic nitrogens is 4. The van der Waals surface area contributed by atoms with Crippen molar-refractivity contribution < 1.29 is 22.7 Å². The molecule has 31 heavy (non-hydrogen) atoms. The monoisotopic (exact) mass is 444 g/mol. The molecule has 0 spiro atoms. The van der Waals surface area contributed by atoms with Crippen molar-refractivity contribution in [3.05, 3.63) is 46.6 Å². The summed E-state index contributed by atoms with van der Waals surface area (Å²) >= 11 is 0. The first-order chi connectivity index (χ1) is 14.9. The topological polar surface area (TPSA) is 122 Å². The molecule has 5 rings (SSSR count). The maximum Gasteiger partial charge on any atom is 0.264 e. The minimum absolute atomic E-state index is 0.00705. The van der Waals surface area contributed by atoms with Crippen molar-refractivity contribution in [2.75, 3.05) is 18.3 Å². The average Bonchev–Trinajstić information content (AvgIpc) is 3.46. The van der Waals surface area contributed by atoms with Crippen molar-refractivity contribution in [1.29, 1.82) is 0 Å². The van der Waals surface area contributed by atoms with Gasteiger partial charge in [-0.1, -0.05) is 6.07 Å². The highest BCUT2D eigenvalue weighted by atomic mass is 32.2. The predicted molar refractivity (Wildman–Crippen MR) is 110 cm³/mol. The van der Waals surface area contributed by atoms with Gasteiger partial charge in [0, 0.05) is 6.42 Å². The lowest BCUT2D eigenvalue weighted by Crippen LogP contribution is -2.25. The Balaban J connectivity index is 1.29. The lowest BCUT2D eigenvalue weighted by Gasteiger charge is -2.10. The lowest BCUT2D eigenvalue weighted by molar-refractivity contribution is -0.119. The lowest BCUT2D eigenvalue weighted by atomic mass is 10.1. The second-order valence-corrected chi connectivity index (χ2v) is 10.0. The molecule has 0 saturated carbocycles. The van der Waals surface area contributed by atoms with Crippen molar-refractivity contribution >= 4 is 26.7 Å². The SMILES string of the molecule is O=C(CCc1ccc2c(c1)OCO2)Cn1cnc2c(cnn2C2CCS(=O)(=O)C2)c1=O.